The monoisotopic (exact) mass is 269 g/mol. The molecule has 0 aliphatic heterocycles. The second-order valence-corrected chi connectivity index (χ2v) is 6.30. The number of hydrogen-bond acceptors (Lipinski definition) is 4. The lowest BCUT2D eigenvalue weighted by Gasteiger charge is -2.16. The molecule has 0 saturated heterocycles. The van der Waals surface area contributed by atoms with Gasteiger partial charge in [-0.25, -0.2) is 13.6 Å². The van der Waals surface area contributed by atoms with E-state index in [0.717, 1.165) is 24.6 Å². The number of sulfonamides is 1. The molecule has 1 aliphatic rings. The average Bonchev–Trinajstić information content (AvgIpc) is 3.12. The minimum absolute atomic E-state index is 0.0673. The van der Waals surface area contributed by atoms with Crippen LogP contribution in [0.3, 0.4) is 0 Å². The first-order valence-corrected chi connectivity index (χ1v) is 7.76. The number of nitrogens with two attached hydrogens (primary N) is 1. The van der Waals surface area contributed by atoms with Gasteiger partial charge in [0.05, 0.1) is 0 Å². The molecule has 1 unspecified atom stereocenters. The Bertz CT molecular complexity index is 495. The van der Waals surface area contributed by atoms with E-state index in [2.05, 4.69) is 17.2 Å². The molecule has 18 heavy (non-hydrogen) atoms. The highest BCUT2D eigenvalue weighted by Crippen LogP contribution is 2.33. The van der Waals surface area contributed by atoms with Crippen molar-refractivity contribution in [1.29, 1.82) is 0 Å². The highest BCUT2D eigenvalue weighted by Gasteiger charge is 2.30. The summed E-state index contributed by atoms with van der Waals surface area (Å²) in [6.07, 6.45) is 4.71. The number of primary sulfonamides is 1. The van der Waals surface area contributed by atoms with Crippen molar-refractivity contribution in [3.8, 4) is 0 Å². The highest BCUT2D eigenvalue weighted by molar-refractivity contribution is 7.89. The van der Waals surface area contributed by atoms with Crippen molar-refractivity contribution in [3.05, 3.63) is 24.0 Å². The second kappa shape index (κ2) is 5.34. The van der Waals surface area contributed by atoms with Gasteiger partial charge in [-0.15, -0.1) is 0 Å². The number of likely N-dealkylation sites (N-methyl/N-ethyl adjacent to an activating group) is 1. The average molecular weight is 269 g/mol. The van der Waals surface area contributed by atoms with Crippen LogP contribution in [0, 0.1) is 5.92 Å². The lowest BCUT2D eigenvalue weighted by molar-refractivity contribution is 0.468. The zero-order valence-electron chi connectivity index (χ0n) is 10.5. The van der Waals surface area contributed by atoms with Gasteiger partial charge in [0.1, 0.15) is 4.90 Å². The van der Waals surface area contributed by atoms with Crippen molar-refractivity contribution in [2.24, 2.45) is 11.1 Å². The van der Waals surface area contributed by atoms with Crippen molar-refractivity contribution < 1.29 is 8.42 Å². The maximum atomic E-state index is 11.1. The predicted octanol–water partition coefficient (Wildman–Crippen LogP) is 0.660. The summed E-state index contributed by atoms with van der Waals surface area (Å²) in [5, 5.41) is 8.49. The Morgan fingerprint density at radius 1 is 1.50 bits per heavy atom. The van der Waals surface area contributed by atoms with E-state index in [1.807, 2.05) is 0 Å². The van der Waals surface area contributed by atoms with Gasteiger partial charge in [-0.3, -0.25) is 4.98 Å². The lowest BCUT2D eigenvalue weighted by Crippen LogP contribution is -2.33. The maximum Gasteiger partial charge on any atom is 0.239 e. The molecule has 2 rings (SSSR count). The first-order chi connectivity index (χ1) is 8.50. The molecule has 0 aromatic carbocycles. The van der Waals surface area contributed by atoms with Crippen LogP contribution >= 0.6 is 0 Å². The molecule has 5 nitrogen and oxygen atoms in total. The van der Waals surface area contributed by atoms with Crippen LogP contribution in [0.1, 0.15) is 25.5 Å². The van der Waals surface area contributed by atoms with E-state index >= 15 is 0 Å². The highest BCUT2D eigenvalue weighted by atomic mass is 32.2. The van der Waals surface area contributed by atoms with Crippen LogP contribution in [0.2, 0.25) is 0 Å². The number of pyridine rings is 1. The van der Waals surface area contributed by atoms with E-state index in [-0.39, 0.29) is 4.90 Å². The fraction of sp³-hybridized carbons (Fsp3) is 0.583. The summed E-state index contributed by atoms with van der Waals surface area (Å²) >= 11 is 0. The topological polar surface area (TPSA) is 85.1 Å². The molecule has 1 aliphatic carbocycles. The van der Waals surface area contributed by atoms with Gasteiger partial charge >= 0.3 is 0 Å². The predicted molar refractivity (Wildman–Crippen MR) is 69.5 cm³/mol. The number of nitrogens with one attached hydrogen (secondary N) is 1. The molecule has 1 aromatic heterocycles. The zero-order valence-corrected chi connectivity index (χ0v) is 11.3. The van der Waals surface area contributed by atoms with Gasteiger partial charge in [-0.05, 0) is 37.4 Å². The van der Waals surface area contributed by atoms with Crippen molar-refractivity contribution in [2.45, 2.75) is 37.1 Å². The van der Waals surface area contributed by atoms with Crippen LogP contribution in [-0.2, 0) is 16.4 Å². The maximum absolute atomic E-state index is 11.1. The Morgan fingerprint density at radius 3 is 2.67 bits per heavy atom. The molecule has 1 fully saturated rings. The summed E-state index contributed by atoms with van der Waals surface area (Å²) in [5.41, 5.74) is 0.903. The zero-order chi connectivity index (χ0) is 13.2. The van der Waals surface area contributed by atoms with E-state index in [4.69, 9.17) is 5.14 Å². The fourth-order valence-electron chi connectivity index (χ4n) is 2.09. The van der Waals surface area contributed by atoms with Gasteiger partial charge in [-0.1, -0.05) is 6.92 Å². The number of nitrogens with zero attached hydrogens (tertiary/aromatic N) is 1. The van der Waals surface area contributed by atoms with E-state index in [1.165, 1.54) is 25.1 Å². The van der Waals surface area contributed by atoms with Crippen LogP contribution < -0.4 is 10.5 Å². The molecular formula is C12H19N3O2S. The van der Waals surface area contributed by atoms with Gasteiger partial charge in [0.25, 0.3) is 0 Å². The van der Waals surface area contributed by atoms with Crippen molar-refractivity contribution in [3.63, 3.8) is 0 Å². The molecule has 0 amide bonds. The number of rotatable bonds is 6. The summed E-state index contributed by atoms with van der Waals surface area (Å²) in [4.78, 5) is 4.25. The van der Waals surface area contributed by atoms with E-state index in [9.17, 15) is 8.42 Å². The second-order valence-electron chi connectivity index (χ2n) is 4.74. The van der Waals surface area contributed by atoms with E-state index in [0.29, 0.717) is 6.04 Å². The Balaban J connectivity index is 2.05. The molecule has 6 heteroatoms. The lowest BCUT2D eigenvalue weighted by atomic mass is 10.1. The number of hydrogen-bond donors (Lipinski definition) is 2. The third-order valence-corrected chi connectivity index (χ3v) is 4.11. The third kappa shape index (κ3) is 3.51. The first-order valence-electron chi connectivity index (χ1n) is 6.22. The quantitative estimate of drug-likeness (QED) is 0.794. The van der Waals surface area contributed by atoms with Crippen molar-refractivity contribution in [1.82, 2.24) is 10.3 Å². The normalized spacial score (nSPS) is 17.7. The largest absolute Gasteiger partial charge is 0.314 e. The molecule has 3 N–H and O–H groups in total. The van der Waals surface area contributed by atoms with Gasteiger partial charge < -0.3 is 5.32 Å². The standard InChI is InChI=1S/C12H19N3O2S/c1-2-14-12(9-3-4-9)7-10-5-6-11(8-15-10)18(13,16)17/h5-6,8-9,12,14H,2-4,7H2,1H3,(H2,13,16,17). The molecule has 1 saturated carbocycles. The van der Waals surface area contributed by atoms with Crippen molar-refractivity contribution >= 4 is 10.0 Å². The smallest absolute Gasteiger partial charge is 0.239 e. The summed E-state index contributed by atoms with van der Waals surface area (Å²) in [6, 6.07) is 3.71. The first kappa shape index (κ1) is 13.5. The van der Waals surface area contributed by atoms with Crippen molar-refractivity contribution in [2.75, 3.05) is 6.54 Å². The van der Waals surface area contributed by atoms with Gasteiger partial charge in [0.15, 0.2) is 0 Å². The van der Waals surface area contributed by atoms with E-state index in [1.54, 1.807) is 6.07 Å². The molecule has 0 bridgehead atoms. The molecule has 0 radical (unpaired) electrons. The summed E-state index contributed by atoms with van der Waals surface area (Å²) in [7, 11) is -3.64. The molecule has 0 spiro atoms. The molecule has 1 aromatic rings. The van der Waals surface area contributed by atoms with Crippen LogP contribution in [0.15, 0.2) is 23.2 Å². The van der Waals surface area contributed by atoms with Crippen LogP contribution in [0.25, 0.3) is 0 Å². The third-order valence-electron chi connectivity index (χ3n) is 3.21. The number of aromatic nitrogens is 1. The van der Waals surface area contributed by atoms with Crippen LogP contribution in [0.5, 0.6) is 0 Å². The SMILES string of the molecule is CCNC(Cc1ccc(S(N)(=O)=O)cn1)C1CC1. The van der Waals surface area contributed by atoms with E-state index < -0.39 is 10.0 Å². The summed E-state index contributed by atoms with van der Waals surface area (Å²) in [6.45, 7) is 3.03. The Labute approximate surface area is 108 Å². The van der Waals surface area contributed by atoms with Crippen LogP contribution in [0.4, 0.5) is 0 Å². The van der Waals surface area contributed by atoms with Crippen LogP contribution in [-0.4, -0.2) is 26.0 Å². The Morgan fingerprint density at radius 2 is 2.22 bits per heavy atom. The minimum atomic E-state index is -3.64. The molecule has 1 atom stereocenters. The Hall–Kier alpha value is -0.980. The van der Waals surface area contributed by atoms with Gasteiger partial charge in [0, 0.05) is 24.4 Å². The minimum Gasteiger partial charge on any atom is -0.314 e. The molecule has 1 heterocycles. The Kier molecular flexibility index (Phi) is 3.99. The molecule has 100 valence electrons. The molecular weight excluding hydrogens is 250 g/mol. The van der Waals surface area contributed by atoms with Gasteiger partial charge in [0.2, 0.25) is 10.0 Å². The summed E-state index contributed by atoms with van der Waals surface area (Å²) < 4.78 is 22.2. The fourth-order valence-corrected chi connectivity index (χ4v) is 2.55. The summed E-state index contributed by atoms with van der Waals surface area (Å²) in [5.74, 6) is 0.740. The van der Waals surface area contributed by atoms with Gasteiger partial charge in [-0.2, -0.15) is 0 Å².